The number of halogens is 3. The van der Waals surface area contributed by atoms with Crippen LogP contribution in [-0.4, -0.2) is 53.4 Å². The molecule has 106 valence electrons. The van der Waals surface area contributed by atoms with Crippen LogP contribution in [0.1, 0.15) is 6.42 Å². The zero-order valence-electron chi connectivity index (χ0n) is 9.87. The summed E-state index contributed by atoms with van der Waals surface area (Å²) in [5, 5.41) is 3.02. The molecule has 1 atom stereocenters. The van der Waals surface area contributed by atoms with Crippen molar-refractivity contribution in [3.05, 3.63) is 0 Å². The zero-order valence-corrected chi connectivity index (χ0v) is 10.7. The van der Waals surface area contributed by atoms with E-state index in [-0.39, 0.29) is 13.0 Å². The Morgan fingerprint density at radius 2 is 2.26 bits per heavy atom. The van der Waals surface area contributed by atoms with Gasteiger partial charge in [-0.1, -0.05) is 11.8 Å². The van der Waals surface area contributed by atoms with E-state index in [9.17, 15) is 22.8 Å². The van der Waals surface area contributed by atoms with E-state index in [1.165, 1.54) is 11.8 Å². The van der Waals surface area contributed by atoms with Crippen molar-refractivity contribution in [3.63, 3.8) is 0 Å². The second-order valence-corrected chi connectivity index (χ2v) is 5.40. The minimum Gasteiger partial charge on any atom is -0.333 e. The molecule has 1 fully saturated rings. The van der Waals surface area contributed by atoms with Gasteiger partial charge in [-0.25, -0.2) is 0 Å². The largest absolute Gasteiger partial charge is 0.406 e. The summed E-state index contributed by atoms with van der Waals surface area (Å²) in [4.78, 5) is 27.9. The van der Waals surface area contributed by atoms with Crippen LogP contribution in [0.2, 0.25) is 0 Å². The Bertz CT molecular complexity index is 425. The number of amides is 2. The Labute approximate surface area is 111 Å². The van der Waals surface area contributed by atoms with E-state index in [0.29, 0.717) is 16.6 Å². The first-order valence-corrected chi connectivity index (χ1v) is 6.66. The minimum absolute atomic E-state index is 0.181. The molecule has 9 heteroatoms. The fraction of sp³-hybridized carbons (Fsp3) is 0.700. The molecular formula is C10H12F3N3O2S. The molecule has 19 heavy (non-hydrogen) atoms. The van der Waals surface area contributed by atoms with Crippen molar-refractivity contribution in [2.24, 2.45) is 10.9 Å². The lowest BCUT2D eigenvalue weighted by Gasteiger charge is -2.18. The smallest absolute Gasteiger partial charge is 0.333 e. The standard InChI is InChI=1S/C10H12F3N3O2S/c11-10(12,13)5-16-4-6(3-7(16)17)8(18)15-9-14-1-2-19-9/h6H,1-5H2,(H,14,15,18). The molecule has 0 spiro atoms. The number of hydrogen-bond acceptors (Lipinski definition) is 4. The highest BCUT2D eigenvalue weighted by molar-refractivity contribution is 8.14. The number of likely N-dealkylation sites (tertiary alicyclic amines) is 1. The molecule has 0 saturated carbocycles. The van der Waals surface area contributed by atoms with Gasteiger partial charge in [0.1, 0.15) is 6.54 Å². The highest BCUT2D eigenvalue weighted by Gasteiger charge is 2.40. The number of aliphatic imine (C=N–C) groups is 1. The second kappa shape index (κ2) is 5.40. The Balaban J connectivity index is 1.89. The highest BCUT2D eigenvalue weighted by Crippen LogP contribution is 2.24. The van der Waals surface area contributed by atoms with Crippen LogP contribution in [0, 0.1) is 5.92 Å². The van der Waals surface area contributed by atoms with Crippen molar-refractivity contribution in [2.75, 3.05) is 25.4 Å². The lowest BCUT2D eigenvalue weighted by Crippen LogP contribution is -2.38. The summed E-state index contributed by atoms with van der Waals surface area (Å²) < 4.78 is 36.7. The maximum Gasteiger partial charge on any atom is 0.406 e. The van der Waals surface area contributed by atoms with Crippen LogP contribution in [0.4, 0.5) is 13.2 Å². The van der Waals surface area contributed by atoms with E-state index < -0.39 is 30.5 Å². The lowest BCUT2D eigenvalue weighted by atomic mass is 10.1. The van der Waals surface area contributed by atoms with E-state index in [4.69, 9.17) is 0 Å². The number of nitrogens with one attached hydrogen (secondary N) is 1. The monoisotopic (exact) mass is 295 g/mol. The fourth-order valence-corrected chi connectivity index (χ4v) is 2.67. The average Bonchev–Trinajstić information content (AvgIpc) is 2.88. The third-order valence-electron chi connectivity index (χ3n) is 2.77. The maximum absolute atomic E-state index is 12.2. The molecule has 2 amide bonds. The van der Waals surface area contributed by atoms with Crippen LogP contribution in [0.15, 0.2) is 4.99 Å². The molecule has 1 saturated heterocycles. The average molecular weight is 295 g/mol. The molecule has 2 aliphatic rings. The molecule has 5 nitrogen and oxygen atoms in total. The molecule has 0 aromatic rings. The summed E-state index contributed by atoms with van der Waals surface area (Å²) in [6.45, 7) is -0.877. The normalized spacial score (nSPS) is 23.7. The number of alkyl halides is 3. The van der Waals surface area contributed by atoms with Crippen molar-refractivity contribution in [3.8, 4) is 0 Å². The molecular weight excluding hydrogens is 283 g/mol. The summed E-state index contributed by atoms with van der Waals surface area (Å²) in [6.07, 6.45) is -4.62. The Morgan fingerprint density at radius 3 is 2.84 bits per heavy atom. The van der Waals surface area contributed by atoms with Crippen molar-refractivity contribution in [2.45, 2.75) is 12.6 Å². The van der Waals surface area contributed by atoms with Gasteiger partial charge in [0.25, 0.3) is 0 Å². The van der Waals surface area contributed by atoms with Crippen LogP contribution in [-0.2, 0) is 9.59 Å². The van der Waals surface area contributed by atoms with Gasteiger partial charge in [-0.15, -0.1) is 0 Å². The van der Waals surface area contributed by atoms with Gasteiger partial charge >= 0.3 is 6.18 Å². The van der Waals surface area contributed by atoms with Gasteiger partial charge in [-0.05, 0) is 0 Å². The minimum atomic E-state index is -4.44. The van der Waals surface area contributed by atoms with Crippen molar-refractivity contribution < 1.29 is 22.8 Å². The van der Waals surface area contributed by atoms with Crippen LogP contribution >= 0.6 is 11.8 Å². The first-order chi connectivity index (χ1) is 8.85. The Kier molecular flexibility index (Phi) is 4.02. The van der Waals surface area contributed by atoms with E-state index in [1.54, 1.807) is 0 Å². The second-order valence-electron chi connectivity index (χ2n) is 4.32. The molecule has 0 radical (unpaired) electrons. The molecule has 2 rings (SSSR count). The number of amidine groups is 1. The number of nitrogens with zero attached hydrogens (tertiary/aromatic N) is 2. The van der Waals surface area contributed by atoms with Gasteiger partial charge in [-0.3, -0.25) is 14.6 Å². The number of carbonyl (C=O) groups excluding carboxylic acids is 2. The van der Waals surface area contributed by atoms with Gasteiger partial charge in [0, 0.05) is 18.7 Å². The summed E-state index contributed by atoms with van der Waals surface area (Å²) >= 11 is 1.38. The first-order valence-electron chi connectivity index (χ1n) is 5.68. The lowest BCUT2D eigenvalue weighted by molar-refractivity contribution is -0.157. The van der Waals surface area contributed by atoms with E-state index in [1.807, 2.05) is 0 Å². The van der Waals surface area contributed by atoms with Crippen LogP contribution in [0.3, 0.4) is 0 Å². The van der Waals surface area contributed by atoms with Crippen LogP contribution < -0.4 is 5.32 Å². The van der Waals surface area contributed by atoms with Crippen molar-refractivity contribution in [1.82, 2.24) is 10.2 Å². The SMILES string of the molecule is O=C(NC1=NCCS1)C1CC(=O)N(CC(F)(F)F)C1. The van der Waals surface area contributed by atoms with E-state index in [0.717, 1.165) is 5.75 Å². The van der Waals surface area contributed by atoms with Gasteiger partial charge in [-0.2, -0.15) is 13.2 Å². The number of rotatable bonds is 2. The molecule has 1 unspecified atom stereocenters. The molecule has 2 aliphatic heterocycles. The summed E-state index contributed by atoms with van der Waals surface area (Å²) in [5.74, 6) is -1.04. The molecule has 1 N–H and O–H groups in total. The summed E-state index contributed by atoms with van der Waals surface area (Å²) in [6, 6.07) is 0. The predicted octanol–water partition coefficient (Wildman–Crippen LogP) is 0.616. The van der Waals surface area contributed by atoms with Crippen molar-refractivity contribution in [1.29, 1.82) is 0 Å². The van der Waals surface area contributed by atoms with Crippen molar-refractivity contribution >= 4 is 28.7 Å². The molecule has 0 aromatic carbocycles. The van der Waals surface area contributed by atoms with Gasteiger partial charge in [0.05, 0.1) is 12.5 Å². The third kappa shape index (κ3) is 3.85. The Morgan fingerprint density at radius 1 is 1.53 bits per heavy atom. The number of thioether (sulfide) groups is 1. The quantitative estimate of drug-likeness (QED) is 0.812. The van der Waals surface area contributed by atoms with Crippen LogP contribution in [0.5, 0.6) is 0 Å². The molecule has 0 aliphatic carbocycles. The van der Waals surface area contributed by atoms with E-state index in [2.05, 4.69) is 10.3 Å². The van der Waals surface area contributed by atoms with Crippen LogP contribution in [0.25, 0.3) is 0 Å². The predicted molar refractivity (Wildman–Crippen MR) is 63.6 cm³/mol. The summed E-state index contributed by atoms with van der Waals surface area (Å²) in [7, 11) is 0. The molecule has 0 bridgehead atoms. The fourth-order valence-electron chi connectivity index (χ4n) is 1.94. The molecule has 0 aromatic heterocycles. The topological polar surface area (TPSA) is 61.8 Å². The van der Waals surface area contributed by atoms with Gasteiger partial charge in [0.15, 0.2) is 5.17 Å². The van der Waals surface area contributed by atoms with E-state index >= 15 is 0 Å². The maximum atomic E-state index is 12.2. The molecule has 2 heterocycles. The zero-order chi connectivity index (χ0) is 14.0. The number of hydrogen-bond donors (Lipinski definition) is 1. The third-order valence-corrected chi connectivity index (χ3v) is 3.66. The van der Waals surface area contributed by atoms with Gasteiger partial charge < -0.3 is 10.2 Å². The Hall–Kier alpha value is -1.25. The van der Waals surface area contributed by atoms with Gasteiger partial charge in [0.2, 0.25) is 11.8 Å². The number of carbonyl (C=O) groups is 2. The first kappa shape index (κ1) is 14.2. The highest BCUT2D eigenvalue weighted by atomic mass is 32.2. The summed E-state index contributed by atoms with van der Waals surface area (Å²) in [5.41, 5.74) is 0.